The van der Waals surface area contributed by atoms with Gasteiger partial charge in [-0.15, -0.1) is 16.8 Å². The Bertz CT molecular complexity index is 758. The molecule has 8 nitrogen and oxygen atoms in total. The molecule has 2 rings (SSSR count). The standard InChI is InChI=1S/C12H15N5O3S.ClH/c1-7-9(8(2)17-21(19,20)16-7)6-11(18)15-10-4-3-5-14-12(10)13;/h3-5,16H,6H2,1-2H3,(H2,13,14)(H,15,18);1H. The molecule has 0 unspecified atom stereocenters. The number of nitrogens with two attached hydrogens (primary N) is 1. The number of pyridine rings is 1. The van der Waals surface area contributed by atoms with E-state index in [-0.39, 0.29) is 30.6 Å². The fourth-order valence-electron chi connectivity index (χ4n) is 1.92. The maximum atomic E-state index is 12.0. The zero-order chi connectivity index (χ0) is 15.6. The number of allylic oxidation sites excluding steroid dienone is 1. The molecule has 1 aromatic heterocycles. The largest absolute Gasteiger partial charge is 0.382 e. The van der Waals surface area contributed by atoms with E-state index in [1.807, 2.05) is 0 Å². The Morgan fingerprint density at radius 2 is 2.09 bits per heavy atom. The SMILES string of the molecule is CC1=NS(=O)(=O)NC(C)=C1CC(=O)Nc1cccnc1N.Cl. The van der Waals surface area contributed by atoms with Gasteiger partial charge in [-0.3, -0.25) is 9.52 Å². The van der Waals surface area contributed by atoms with Crippen LogP contribution in [0.5, 0.6) is 0 Å². The molecule has 0 saturated heterocycles. The van der Waals surface area contributed by atoms with Gasteiger partial charge in [-0.1, -0.05) is 0 Å². The van der Waals surface area contributed by atoms with Gasteiger partial charge in [0.05, 0.1) is 17.8 Å². The lowest BCUT2D eigenvalue weighted by atomic mass is 10.1. The van der Waals surface area contributed by atoms with E-state index in [4.69, 9.17) is 5.73 Å². The molecule has 22 heavy (non-hydrogen) atoms. The van der Waals surface area contributed by atoms with Crippen molar-refractivity contribution >= 4 is 45.7 Å². The molecule has 10 heteroatoms. The number of nitrogens with one attached hydrogen (secondary N) is 2. The van der Waals surface area contributed by atoms with Crippen molar-refractivity contribution < 1.29 is 13.2 Å². The average Bonchev–Trinajstić information content (AvgIpc) is 2.35. The highest BCUT2D eigenvalue weighted by molar-refractivity contribution is 7.88. The van der Waals surface area contributed by atoms with Crippen molar-refractivity contribution in [2.24, 2.45) is 4.40 Å². The van der Waals surface area contributed by atoms with Crippen LogP contribution in [0.2, 0.25) is 0 Å². The van der Waals surface area contributed by atoms with E-state index < -0.39 is 10.2 Å². The lowest BCUT2D eigenvalue weighted by Crippen LogP contribution is -2.29. The summed E-state index contributed by atoms with van der Waals surface area (Å²) in [6.45, 7) is 3.12. The zero-order valence-corrected chi connectivity index (χ0v) is 13.6. The lowest BCUT2D eigenvalue weighted by Gasteiger charge is -2.17. The Hall–Kier alpha value is -2.13. The summed E-state index contributed by atoms with van der Waals surface area (Å²) in [5.41, 5.74) is 7.26. The third-order valence-corrected chi connectivity index (χ3v) is 3.96. The van der Waals surface area contributed by atoms with Crippen molar-refractivity contribution in [2.45, 2.75) is 20.3 Å². The molecule has 0 saturated carbocycles. The molecule has 0 aromatic carbocycles. The lowest BCUT2D eigenvalue weighted by molar-refractivity contribution is -0.115. The fraction of sp³-hybridized carbons (Fsp3) is 0.250. The number of halogens is 1. The van der Waals surface area contributed by atoms with Crippen molar-refractivity contribution in [3.8, 4) is 0 Å². The van der Waals surface area contributed by atoms with Crippen LogP contribution in [0.3, 0.4) is 0 Å². The first-order valence-electron chi connectivity index (χ1n) is 6.08. The van der Waals surface area contributed by atoms with Crippen LogP contribution in [-0.2, 0) is 15.0 Å². The van der Waals surface area contributed by atoms with E-state index in [9.17, 15) is 13.2 Å². The average molecular weight is 346 g/mol. The number of rotatable bonds is 3. The second-order valence-electron chi connectivity index (χ2n) is 4.52. The Labute approximate surface area is 134 Å². The van der Waals surface area contributed by atoms with E-state index in [0.29, 0.717) is 22.7 Å². The molecular weight excluding hydrogens is 330 g/mol. The van der Waals surface area contributed by atoms with Gasteiger partial charge in [0.2, 0.25) is 5.91 Å². The van der Waals surface area contributed by atoms with Crippen LogP contribution in [0.1, 0.15) is 20.3 Å². The normalized spacial score (nSPS) is 16.2. The van der Waals surface area contributed by atoms with Crippen molar-refractivity contribution in [3.63, 3.8) is 0 Å². The van der Waals surface area contributed by atoms with Crippen LogP contribution < -0.4 is 15.8 Å². The predicted octanol–water partition coefficient (Wildman–Crippen LogP) is 0.997. The maximum absolute atomic E-state index is 12.0. The minimum Gasteiger partial charge on any atom is -0.382 e. The summed E-state index contributed by atoms with van der Waals surface area (Å²) in [7, 11) is -3.70. The molecule has 0 fully saturated rings. The van der Waals surface area contributed by atoms with E-state index in [0.717, 1.165) is 0 Å². The van der Waals surface area contributed by atoms with Gasteiger partial charge in [0.15, 0.2) is 0 Å². The summed E-state index contributed by atoms with van der Waals surface area (Å²) in [6.07, 6.45) is 1.50. The van der Waals surface area contributed by atoms with Crippen molar-refractivity contribution in [1.82, 2.24) is 9.71 Å². The molecule has 0 aliphatic carbocycles. The summed E-state index contributed by atoms with van der Waals surface area (Å²) in [4.78, 5) is 15.9. The third-order valence-electron chi connectivity index (χ3n) is 2.88. The monoisotopic (exact) mass is 345 g/mol. The topological polar surface area (TPSA) is 127 Å². The Balaban J connectivity index is 0.00000242. The van der Waals surface area contributed by atoms with E-state index in [1.54, 1.807) is 26.0 Å². The molecule has 0 radical (unpaired) electrons. The van der Waals surface area contributed by atoms with E-state index >= 15 is 0 Å². The first-order valence-corrected chi connectivity index (χ1v) is 7.52. The van der Waals surface area contributed by atoms with Gasteiger partial charge in [0.1, 0.15) is 5.82 Å². The number of anilines is 2. The zero-order valence-electron chi connectivity index (χ0n) is 12.0. The number of aromatic nitrogens is 1. The summed E-state index contributed by atoms with van der Waals surface area (Å²) >= 11 is 0. The number of amides is 1. The Morgan fingerprint density at radius 3 is 2.68 bits per heavy atom. The summed E-state index contributed by atoms with van der Waals surface area (Å²) in [5.74, 6) is -0.119. The minimum atomic E-state index is -3.70. The minimum absolute atomic E-state index is 0. The van der Waals surface area contributed by atoms with Gasteiger partial charge in [-0.2, -0.15) is 8.42 Å². The quantitative estimate of drug-likeness (QED) is 0.753. The van der Waals surface area contributed by atoms with Crippen LogP contribution in [0.25, 0.3) is 0 Å². The molecule has 1 aliphatic rings. The number of nitrogen functional groups attached to an aromatic ring is 1. The fourth-order valence-corrected chi connectivity index (χ4v) is 2.95. The predicted molar refractivity (Wildman–Crippen MR) is 87.0 cm³/mol. The molecule has 0 bridgehead atoms. The molecule has 120 valence electrons. The molecule has 4 N–H and O–H groups in total. The first-order chi connectivity index (χ1) is 9.78. The molecular formula is C12H16ClN5O3S. The van der Waals surface area contributed by atoms with Gasteiger partial charge < -0.3 is 11.1 Å². The second kappa shape index (κ2) is 6.75. The van der Waals surface area contributed by atoms with Crippen LogP contribution in [0.15, 0.2) is 34.0 Å². The highest BCUT2D eigenvalue weighted by atomic mass is 35.5. The van der Waals surface area contributed by atoms with Crippen LogP contribution in [-0.4, -0.2) is 25.0 Å². The van der Waals surface area contributed by atoms with Gasteiger partial charge in [-0.25, -0.2) is 4.98 Å². The highest BCUT2D eigenvalue weighted by Crippen LogP contribution is 2.19. The number of nitrogens with zero attached hydrogens (tertiary/aromatic N) is 2. The van der Waals surface area contributed by atoms with Crippen LogP contribution in [0, 0.1) is 0 Å². The third kappa shape index (κ3) is 4.18. The molecule has 1 amide bonds. The maximum Gasteiger partial charge on any atom is 0.342 e. The first kappa shape index (κ1) is 17.9. The smallest absolute Gasteiger partial charge is 0.342 e. The van der Waals surface area contributed by atoms with Crippen LogP contribution in [0.4, 0.5) is 11.5 Å². The number of hydrogen-bond donors (Lipinski definition) is 3. The summed E-state index contributed by atoms with van der Waals surface area (Å²) in [5, 5.41) is 2.63. The van der Waals surface area contributed by atoms with Crippen LogP contribution >= 0.6 is 12.4 Å². The number of hydrogen-bond acceptors (Lipinski definition) is 5. The highest BCUT2D eigenvalue weighted by Gasteiger charge is 2.22. The second-order valence-corrected chi connectivity index (χ2v) is 5.86. The van der Waals surface area contributed by atoms with E-state index in [1.165, 1.54) is 6.20 Å². The van der Waals surface area contributed by atoms with Crippen molar-refractivity contribution in [3.05, 3.63) is 29.6 Å². The summed E-state index contributed by atoms with van der Waals surface area (Å²) in [6, 6.07) is 3.28. The van der Waals surface area contributed by atoms with Crippen molar-refractivity contribution in [1.29, 1.82) is 0 Å². The molecule has 1 aliphatic heterocycles. The summed E-state index contributed by atoms with van der Waals surface area (Å²) < 4.78 is 28.6. The van der Waals surface area contributed by atoms with Crippen molar-refractivity contribution in [2.75, 3.05) is 11.1 Å². The Kier molecular flexibility index (Phi) is 5.50. The van der Waals surface area contributed by atoms with Gasteiger partial charge >= 0.3 is 10.2 Å². The molecule has 1 aromatic rings. The molecule has 0 atom stereocenters. The Morgan fingerprint density at radius 1 is 1.41 bits per heavy atom. The van der Waals surface area contributed by atoms with Gasteiger partial charge in [0.25, 0.3) is 0 Å². The van der Waals surface area contributed by atoms with Gasteiger partial charge in [0, 0.05) is 17.5 Å². The number of carbonyl (C=O) groups is 1. The molecule has 0 spiro atoms. The van der Waals surface area contributed by atoms with Gasteiger partial charge in [-0.05, 0) is 26.0 Å². The number of carbonyl (C=O) groups excluding carboxylic acids is 1. The van der Waals surface area contributed by atoms with E-state index in [2.05, 4.69) is 19.4 Å². The molecule has 2 heterocycles.